The van der Waals surface area contributed by atoms with Crippen molar-refractivity contribution in [3.8, 4) is 6.01 Å². The molecule has 1 heterocycles. The smallest absolute Gasteiger partial charge is 0.296 e. The number of aromatic amines is 1. The van der Waals surface area contributed by atoms with E-state index in [0.717, 1.165) is 0 Å². The van der Waals surface area contributed by atoms with Gasteiger partial charge in [0.05, 0.1) is 7.11 Å². The van der Waals surface area contributed by atoms with E-state index in [1.165, 1.54) is 13.3 Å². The van der Waals surface area contributed by atoms with Crippen LogP contribution in [0.4, 0.5) is 0 Å². The summed E-state index contributed by atoms with van der Waals surface area (Å²) in [6.07, 6.45) is 1.47. The minimum absolute atomic E-state index is 0. The molecule has 1 aromatic rings. The monoisotopic (exact) mass is 142 g/mol. The highest BCUT2D eigenvalue weighted by Gasteiger charge is 1.94. The second-order valence-corrected chi connectivity index (χ2v) is 1.90. The minimum Gasteiger partial charge on any atom is -0.468 e. The molecule has 0 saturated carbocycles. The Balaban J connectivity index is 0.000001000. The third-order valence-electron chi connectivity index (χ3n) is 1.15. The molecule has 0 saturated heterocycles. The molecule has 4 heteroatoms. The molecule has 0 aliphatic rings. The van der Waals surface area contributed by atoms with Gasteiger partial charge in [0.1, 0.15) is 0 Å². The first-order valence-electron chi connectivity index (χ1n) is 2.84. The van der Waals surface area contributed by atoms with Gasteiger partial charge >= 0.3 is 0 Å². The molecular weight excluding hydrogens is 132 g/mol. The molecule has 1 rings (SSSR count). The van der Waals surface area contributed by atoms with E-state index in [-0.39, 0.29) is 13.0 Å². The van der Waals surface area contributed by atoms with E-state index >= 15 is 0 Å². The van der Waals surface area contributed by atoms with Crippen molar-refractivity contribution in [3.05, 3.63) is 22.1 Å². The van der Waals surface area contributed by atoms with Gasteiger partial charge in [-0.15, -0.1) is 0 Å². The van der Waals surface area contributed by atoms with Gasteiger partial charge in [0, 0.05) is 13.2 Å². The van der Waals surface area contributed by atoms with Crippen molar-refractivity contribution >= 4 is 0 Å². The molecule has 0 bridgehead atoms. The molecule has 0 fully saturated rings. The quantitative estimate of drug-likeness (QED) is 0.614. The summed E-state index contributed by atoms with van der Waals surface area (Å²) in [5, 5.41) is 0. The van der Waals surface area contributed by atoms with Crippen molar-refractivity contribution in [1.82, 2.24) is 9.97 Å². The predicted octanol–water partition coefficient (Wildman–Crippen LogP) is 0.333. The van der Waals surface area contributed by atoms with Crippen LogP contribution in [-0.2, 0) is 0 Å². The Morgan fingerprint density at radius 2 is 2.50 bits per heavy atom. The van der Waals surface area contributed by atoms with Crippen molar-refractivity contribution in [2.45, 2.75) is 6.92 Å². The first kappa shape index (κ1) is 6.80. The number of nitrogens with zero attached hydrogens (tertiary/aromatic N) is 1. The average Bonchev–Trinajstić information content (AvgIpc) is 1.95. The second-order valence-electron chi connectivity index (χ2n) is 1.90. The minimum atomic E-state index is -0.160. The van der Waals surface area contributed by atoms with Crippen molar-refractivity contribution in [3.63, 3.8) is 0 Å². The summed E-state index contributed by atoms with van der Waals surface area (Å²) in [7, 11) is 1.45. The van der Waals surface area contributed by atoms with Crippen molar-refractivity contribution < 1.29 is 6.16 Å². The molecule has 1 aromatic heterocycles. The van der Waals surface area contributed by atoms with Gasteiger partial charge in [-0.2, -0.15) is 0 Å². The lowest BCUT2D eigenvalue weighted by molar-refractivity contribution is 0.378. The number of hydrogen-bond acceptors (Lipinski definition) is 3. The highest BCUT2D eigenvalue weighted by atomic mass is 16.5. The third kappa shape index (κ3) is 1.15. The van der Waals surface area contributed by atoms with E-state index in [9.17, 15) is 4.79 Å². The van der Waals surface area contributed by atoms with Gasteiger partial charge in [-0.3, -0.25) is 9.78 Å². The number of aromatic nitrogens is 2. The zero-order chi connectivity index (χ0) is 7.56. The largest absolute Gasteiger partial charge is 0.468 e. The number of nitrogens with one attached hydrogen (secondary N) is 1. The van der Waals surface area contributed by atoms with E-state index in [4.69, 9.17) is 0 Å². The number of hydrogen-bond donors (Lipinski definition) is 1. The second kappa shape index (κ2) is 2.51. The van der Waals surface area contributed by atoms with Crippen LogP contribution in [0.5, 0.6) is 6.01 Å². The molecule has 56 valence electrons. The average molecular weight is 142 g/mol. The molecule has 0 atom stereocenters. The standard InChI is InChI=1S/C6H8N2O2.H2/c1-4-3-7-6(10-2)8-5(4)9;/h3H,1-2H3,(H,7,8,9);1H. The maximum Gasteiger partial charge on any atom is 0.296 e. The lowest BCUT2D eigenvalue weighted by Gasteiger charge is -1.95. The van der Waals surface area contributed by atoms with Crippen LogP contribution in [0.25, 0.3) is 0 Å². The van der Waals surface area contributed by atoms with Crippen LogP contribution in [0.1, 0.15) is 6.99 Å². The van der Waals surface area contributed by atoms with Gasteiger partial charge in [-0.1, -0.05) is 0 Å². The van der Waals surface area contributed by atoms with Gasteiger partial charge < -0.3 is 4.74 Å². The number of H-pyrrole nitrogens is 1. The molecule has 0 unspecified atom stereocenters. The molecule has 0 amide bonds. The van der Waals surface area contributed by atoms with Gasteiger partial charge in [0.2, 0.25) is 0 Å². The first-order valence-corrected chi connectivity index (χ1v) is 2.84. The summed E-state index contributed by atoms with van der Waals surface area (Å²) < 4.78 is 4.68. The van der Waals surface area contributed by atoms with E-state index in [0.29, 0.717) is 5.56 Å². The predicted molar refractivity (Wildman–Crippen MR) is 38.3 cm³/mol. The SMILES string of the molecule is COc1ncc(C)c(=O)[nH]1.[HH]. The summed E-state index contributed by atoms with van der Waals surface area (Å²) >= 11 is 0. The zero-order valence-electron chi connectivity index (χ0n) is 5.84. The normalized spacial score (nSPS) is 9.40. The lowest BCUT2D eigenvalue weighted by atomic mass is 10.4. The van der Waals surface area contributed by atoms with Crippen molar-refractivity contribution in [2.75, 3.05) is 7.11 Å². The molecule has 4 nitrogen and oxygen atoms in total. The summed E-state index contributed by atoms with van der Waals surface area (Å²) in [6.45, 7) is 1.69. The Kier molecular flexibility index (Phi) is 1.71. The van der Waals surface area contributed by atoms with Crippen molar-refractivity contribution in [1.29, 1.82) is 0 Å². The zero-order valence-corrected chi connectivity index (χ0v) is 5.84. The van der Waals surface area contributed by atoms with Gasteiger partial charge in [0.15, 0.2) is 0 Å². The van der Waals surface area contributed by atoms with Gasteiger partial charge in [0.25, 0.3) is 11.6 Å². The van der Waals surface area contributed by atoms with E-state index < -0.39 is 0 Å². The Hall–Kier alpha value is -1.32. The highest BCUT2D eigenvalue weighted by Crippen LogP contribution is 1.93. The van der Waals surface area contributed by atoms with E-state index in [2.05, 4.69) is 14.7 Å². The number of methoxy groups -OCH3 is 1. The molecule has 0 radical (unpaired) electrons. The summed E-state index contributed by atoms with van der Waals surface area (Å²) in [4.78, 5) is 17.0. The first-order chi connectivity index (χ1) is 4.74. The Bertz CT molecular complexity index is 284. The molecule has 0 aliphatic carbocycles. The van der Waals surface area contributed by atoms with E-state index in [1.54, 1.807) is 6.92 Å². The Morgan fingerprint density at radius 1 is 1.80 bits per heavy atom. The summed E-state index contributed by atoms with van der Waals surface area (Å²) in [6, 6.07) is 0.246. The maximum atomic E-state index is 10.8. The van der Waals surface area contributed by atoms with Crippen LogP contribution >= 0.6 is 0 Å². The fraction of sp³-hybridized carbons (Fsp3) is 0.333. The maximum absolute atomic E-state index is 10.8. The van der Waals surface area contributed by atoms with Crippen LogP contribution in [0.15, 0.2) is 11.0 Å². The van der Waals surface area contributed by atoms with E-state index in [1.807, 2.05) is 0 Å². The van der Waals surface area contributed by atoms with Crippen LogP contribution in [0, 0.1) is 6.92 Å². The van der Waals surface area contributed by atoms with Gasteiger partial charge in [-0.05, 0) is 6.92 Å². The topological polar surface area (TPSA) is 55.0 Å². The number of rotatable bonds is 1. The molecule has 0 spiro atoms. The molecule has 0 aromatic carbocycles. The highest BCUT2D eigenvalue weighted by molar-refractivity contribution is 5.04. The van der Waals surface area contributed by atoms with Crippen LogP contribution in [0.3, 0.4) is 0 Å². The summed E-state index contributed by atoms with van der Waals surface area (Å²) in [5.41, 5.74) is 0.424. The van der Waals surface area contributed by atoms with Crippen molar-refractivity contribution in [2.24, 2.45) is 0 Å². The molecule has 0 aliphatic heterocycles. The van der Waals surface area contributed by atoms with Crippen LogP contribution in [0.2, 0.25) is 0 Å². The van der Waals surface area contributed by atoms with Crippen LogP contribution in [-0.4, -0.2) is 17.1 Å². The molecule has 10 heavy (non-hydrogen) atoms. The fourth-order valence-corrected chi connectivity index (χ4v) is 0.546. The number of aryl methyl sites for hydroxylation is 1. The van der Waals surface area contributed by atoms with Crippen LogP contribution < -0.4 is 10.3 Å². The Labute approximate surface area is 59.4 Å². The van der Waals surface area contributed by atoms with Gasteiger partial charge in [-0.25, -0.2) is 4.98 Å². The number of ether oxygens (including phenoxy) is 1. The fourth-order valence-electron chi connectivity index (χ4n) is 0.546. The summed E-state index contributed by atoms with van der Waals surface area (Å²) in [5.74, 6) is 0. The molecule has 1 N–H and O–H groups in total. The lowest BCUT2D eigenvalue weighted by Crippen LogP contribution is -2.10. The third-order valence-corrected chi connectivity index (χ3v) is 1.15. The molecular formula is C6H10N2O2. The Morgan fingerprint density at radius 3 is 3.00 bits per heavy atom.